The second-order valence-electron chi connectivity index (χ2n) is 5.04. The highest BCUT2D eigenvalue weighted by Gasteiger charge is 2.28. The maximum Gasteiger partial charge on any atom is 0.238 e. The Balaban J connectivity index is 1.68. The SMILES string of the molecule is CSc1ccccc1NC(=O)C[C@H]1Sc2ccccc2NC1=O. The second kappa shape index (κ2) is 7.10. The summed E-state index contributed by atoms with van der Waals surface area (Å²) in [4.78, 5) is 26.4. The predicted octanol–water partition coefficient (Wildman–Crippen LogP) is 3.85. The monoisotopic (exact) mass is 344 g/mol. The number of rotatable bonds is 4. The van der Waals surface area contributed by atoms with Gasteiger partial charge in [-0.25, -0.2) is 0 Å². The zero-order chi connectivity index (χ0) is 16.2. The van der Waals surface area contributed by atoms with E-state index in [4.69, 9.17) is 0 Å². The third-order valence-corrected chi connectivity index (χ3v) is 5.53. The van der Waals surface area contributed by atoms with Gasteiger partial charge < -0.3 is 10.6 Å². The summed E-state index contributed by atoms with van der Waals surface area (Å²) in [5.41, 5.74) is 1.60. The summed E-state index contributed by atoms with van der Waals surface area (Å²) in [6.07, 6.45) is 2.11. The first-order chi connectivity index (χ1) is 11.2. The maximum atomic E-state index is 12.3. The molecule has 0 saturated carbocycles. The van der Waals surface area contributed by atoms with Gasteiger partial charge in [-0.15, -0.1) is 23.5 Å². The fraction of sp³-hybridized carbons (Fsp3) is 0.176. The van der Waals surface area contributed by atoms with Crippen LogP contribution in [-0.4, -0.2) is 23.3 Å². The number of thioether (sulfide) groups is 2. The summed E-state index contributed by atoms with van der Waals surface area (Å²) in [6, 6.07) is 15.3. The Hall–Kier alpha value is -1.92. The number of carbonyl (C=O) groups excluding carboxylic acids is 2. The molecule has 0 bridgehead atoms. The summed E-state index contributed by atoms with van der Waals surface area (Å²) >= 11 is 3.01. The number of nitrogens with one attached hydrogen (secondary N) is 2. The number of fused-ring (bicyclic) bond motifs is 1. The van der Waals surface area contributed by atoms with Gasteiger partial charge in [0.15, 0.2) is 0 Å². The lowest BCUT2D eigenvalue weighted by Crippen LogP contribution is -2.32. The minimum atomic E-state index is -0.411. The lowest BCUT2D eigenvalue weighted by atomic mass is 10.2. The number of hydrogen-bond acceptors (Lipinski definition) is 4. The summed E-state index contributed by atoms with van der Waals surface area (Å²) in [6.45, 7) is 0. The molecule has 0 unspecified atom stereocenters. The highest BCUT2D eigenvalue weighted by Crippen LogP contribution is 2.36. The first kappa shape index (κ1) is 16.0. The third kappa shape index (κ3) is 3.71. The Morgan fingerprint density at radius 3 is 2.78 bits per heavy atom. The van der Waals surface area contributed by atoms with Gasteiger partial charge >= 0.3 is 0 Å². The van der Waals surface area contributed by atoms with Crippen LogP contribution in [0.1, 0.15) is 6.42 Å². The summed E-state index contributed by atoms with van der Waals surface area (Å²) in [5.74, 6) is -0.277. The Bertz CT molecular complexity index is 749. The molecule has 1 heterocycles. The molecule has 3 rings (SSSR count). The van der Waals surface area contributed by atoms with E-state index in [0.29, 0.717) is 0 Å². The fourth-order valence-corrected chi connectivity index (χ4v) is 4.01. The fourth-order valence-electron chi connectivity index (χ4n) is 2.34. The van der Waals surface area contributed by atoms with E-state index in [0.717, 1.165) is 21.2 Å². The Morgan fingerprint density at radius 1 is 1.22 bits per heavy atom. The maximum absolute atomic E-state index is 12.3. The van der Waals surface area contributed by atoms with Crippen LogP contribution in [0.5, 0.6) is 0 Å². The van der Waals surface area contributed by atoms with Crippen LogP contribution in [0, 0.1) is 0 Å². The van der Waals surface area contributed by atoms with E-state index < -0.39 is 5.25 Å². The van der Waals surface area contributed by atoms with Crippen LogP contribution in [0.3, 0.4) is 0 Å². The van der Waals surface area contributed by atoms with E-state index in [9.17, 15) is 9.59 Å². The van der Waals surface area contributed by atoms with Crippen molar-refractivity contribution in [2.24, 2.45) is 0 Å². The van der Waals surface area contributed by atoms with Crippen LogP contribution in [-0.2, 0) is 9.59 Å². The Labute approximate surface area is 143 Å². The lowest BCUT2D eigenvalue weighted by Gasteiger charge is -2.23. The van der Waals surface area contributed by atoms with Gasteiger partial charge in [0, 0.05) is 16.2 Å². The van der Waals surface area contributed by atoms with E-state index in [1.165, 1.54) is 11.8 Å². The molecule has 6 heteroatoms. The molecule has 0 fully saturated rings. The van der Waals surface area contributed by atoms with Crippen molar-refractivity contribution in [2.45, 2.75) is 21.5 Å². The molecule has 1 atom stereocenters. The summed E-state index contributed by atoms with van der Waals surface area (Å²) in [5, 5.41) is 5.35. The molecule has 23 heavy (non-hydrogen) atoms. The van der Waals surface area contributed by atoms with Crippen molar-refractivity contribution in [1.29, 1.82) is 0 Å². The van der Waals surface area contributed by atoms with E-state index in [-0.39, 0.29) is 18.2 Å². The van der Waals surface area contributed by atoms with Crippen LogP contribution in [0.4, 0.5) is 11.4 Å². The number of anilines is 2. The highest BCUT2D eigenvalue weighted by atomic mass is 32.2. The summed E-state index contributed by atoms with van der Waals surface area (Å²) < 4.78 is 0. The smallest absolute Gasteiger partial charge is 0.238 e. The average molecular weight is 344 g/mol. The van der Waals surface area contributed by atoms with Crippen molar-refractivity contribution >= 4 is 46.7 Å². The molecule has 4 nitrogen and oxygen atoms in total. The van der Waals surface area contributed by atoms with E-state index in [1.54, 1.807) is 11.8 Å². The largest absolute Gasteiger partial charge is 0.325 e. The second-order valence-corrected chi connectivity index (χ2v) is 7.14. The zero-order valence-electron chi connectivity index (χ0n) is 12.5. The van der Waals surface area contributed by atoms with E-state index in [2.05, 4.69) is 10.6 Å². The molecule has 0 radical (unpaired) electrons. The van der Waals surface area contributed by atoms with Crippen molar-refractivity contribution in [3.8, 4) is 0 Å². The van der Waals surface area contributed by atoms with Gasteiger partial charge in [-0.1, -0.05) is 24.3 Å². The minimum absolute atomic E-state index is 0.123. The van der Waals surface area contributed by atoms with Crippen LogP contribution >= 0.6 is 23.5 Å². The molecule has 0 saturated heterocycles. The van der Waals surface area contributed by atoms with Crippen molar-refractivity contribution in [3.05, 3.63) is 48.5 Å². The van der Waals surface area contributed by atoms with Crippen molar-refractivity contribution in [3.63, 3.8) is 0 Å². The van der Waals surface area contributed by atoms with Gasteiger partial charge in [-0.3, -0.25) is 9.59 Å². The molecule has 0 aromatic heterocycles. The van der Waals surface area contributed by atoms with Crippen LogP contribution < -0.4 is 10.6 Å². The van der Waals surface area contributed by atoms with Gasteiger partial charge in [0.25, 0.3) is 0 Å². The molecule has 1 aliphatic heterocycles. The highest BCUT2D eigenvalue weighted by molar-refractivity contribution is 8.01. The van der Waals surface area contributed by atoms with Crippen molar-refractivity contribution < 1.29 is 9.59 Å². The molecular formula is C17H16N2O2S2. The van der Waals surface area contributed by atoms with Gasteiger partial charge in [-0.05, 0) is 30.5 Å². The van der Waals surface area contributed by atoms with Gasteiger partial charge in [0.05, 0.1) is 16.6 Å². The van der Waals surface area contributed by atoms with E-state index >= 15 is 0 Å². The number of para-hydroxylation sites is 2. The zero-order valence-corrected chi connectivity index (χ0v) is 14.2. The molecule has 0 aliphatic carbocycles. The number of amides is 2. The van der Waals surface area contributed by atoms with Gasteiger partial charge in [0.2, 0.25) is 11.8 Å². The first-order valence-corrected chi connectivity index (χ1v) is 9.27. The van der Waals surface area contributed by atoms with Gasteiger partial charge in [-0.2, -0.15) is 0 Å². The standard InChI is InChI=1S/C17H16N2O2S2/c1-22-13-8-4-2-6-11(13)18-16(20)10-15-17(21)19-12-7-3-5-9-14(12)23-15/h2-9,15H,10H2,1H3,(H,18,20)(H,19,21)/t15-/m1/s1. The molecule has 2 N–H and O–H groups in total. The summed E-state index contributed by atoms with van der Waals surface area (Å²) in [7, 11) is 0. The molecule has 0 spiro atoms. The number of benzene rings is 2. The van der Waals surface area contributed by atoms with Crippen LogP contribution in [0.25, 0.3) is 0 Å². The molecular weight excluding hydrogens is 328 g/mol. The molecule has 118 valence electrons. The molecule has 2 aromatic carbocycles. The molecule has 1 aliphatic rings. The van der Waals surface area contributed by atoms with Crippen molar-refractivity contribution in [1.82, 2.24) is 0 Å². The van der Waals surface area contributed by atoms with Gasteiger partial charge in [0.1, 0.15) is 0 Å². The first-order valence-electron chi connectivity index (χ1n) is 7.17. The van der Waals surface area contributed by atoms with Crippen LogP contribution in [0.2, 0.25) is 0 Å². The Morgan fingerprint density at radius 2 is 1.96 bits per heavy atom. The quantitative estimate of drug-likeness (QED) is 0.827. The topological polar surface area (TPSA) is 58.2 Å². The Kier molecular flexibility index (Phi) is 4.93. The average Bonchev–Trinajstić information content (AvgIpc) is 2.56. The van der Waals surface area contributed by atoms with Crippen molar-refractivity contribution in [2.75, 3.05) is 16.9 Å². The van der Waals surface area contributed by atoms with E-state index in [1.807, 2.05) is 54.8 Å². The number of carbonyl (C=O) groups is 2. The van der Waals surface area contributed by atoms with Crippen LogP contribution in [0.15, 0.2) is 58.3 Å². The predicted molar refractivity (Wildman–Crippen MR) is 96.2 cm³/mol. The molecule has 2 amide bonds. The minimum Gasteiger partial charge on any atom is -0.325 e. The lowest BCUT2D eigenvalue weighted by molar-refractivity contribution is -0.120. The number of hydrogen-bond donors (Lipinski definition) is 2. The third-order valence-electron chi connectivity index (χ3n) is 3.46. The normalized spacial score (nSPS) is 16.4. The molecule has 2 aromatic rings.